The van der Waals surface area contributed by atoms with E-state index in [0.29, 0.717) is 17.1 Å². The molecule has 12 heteroatoms. The van der Waals surface area contributed by atoms with E-state index in [1.54, 1.807) is 6.92 Å². The molecule has 2 aliphatic heterocycles. The summed E-state index contributed by atoms with van der Waals surface area (Å²) in [5.74, 6) is -2.47. The number of amides is 3. The summed E-state index contributed by atoms with van der Waals surface area (Å²) in [5.41, 5.74) is 3.76. The van der Waals surface area contributed by atoms with E-state index in [2.05, 4.69) is 32.2 Å². The minimum atomic E-state index is -1.82. The average Bonchev–Trinajstić information content (AvgIpc) is 3.20. The van der Waals surface area contributed by atoms with Crippen molar-refractivity contribution >= 4 is 23.9 Å². The van der Waals surface area contributed by atoms with Gasteiger partial charge in [0.05, 0.1) is 11.6 Å². The fourth-order valence-corrected chi connectivity index (χ4v) is 4.67. The maximum atomic E-state index is 14.1. The Balaban J connectivity index is 1.41. The van der Waals surface area contributed by atoms with Gasteiger partial charge in [0.15, 0.2) is 0 Å². The molecule has 2 aliphatic rings. The van der Waals surface area contributed by atoms with Crippen molar-refractivity contribution in [2.24, 2.45) is 5.73 Å². The third-order valence-corrected chi connectivity index (χ3v) is 6.86. The molecule has 35 heavy (non-hydrogen) atoms. The maximum absolute atomic E-state index is 14.1. The van der Waals surface area contributed by atoms with Gasteiger partial charge in [0.1, 0.15) is 11.6 Å². The van der Waals surface area contributed by atoms with Crippen LogP contribution in [0.2, 0.25) is 0 Å². The van der Waals surface area contributed by atoms with Gasteiger partial charge in [-0.05, 0) is 63.0 Å². The molecule has 2 heterocycles. The number of halogens is 2. The number of rotatable bonds is 11. The molecule has 3 rings (SSSR count). The first-order valence-corrected chi connectivity index (χ1v) is 12.5. The maximum Gasteiger partial charge on any atom is 0.319 e. The Bertz CT molecular complexity index is 919. The number of hydrogen-bond acceptors (Lipinski definition) is 7. The van der Waals surface area contributed by atoms with Gasteiger partial charge in [-0.3, -0.25) is 4.79 Å². The lowest BCUT2D eigenvalue weighted by molar-refractivity contribution is -0.140. The summed E-state index contributed by atoms with van der Waals surface area (Å²) in [6.45, 7) is 7.03. The average molecular weight is 513 g/mol. The van der Waals surface area contributed by atoms with Crippen LogP contribution in [-0.2, 0) is 16.1 Å². The van der Waals surface area contributed by atoms with Crippen molar-refractivity contribution in [3.05, 3.63) is 46.0 Å². The molecule has 1 aromatic carbocycles. The molecule has 0 saturated carbocycles. The largest absolute Gasteiger partial charge is 0.366 e. The first-order chi connectivity index (χ1) is 16.7. The van der Waals surface area contributed by atoms with E-state index in [-0.39, 0.29) is 5.56 Å². The second-order valence-electron chi connectivity index (χ2n) is 8.89. The van der Waals surface area contributed by atoms with Crippen molar-refractivity contribution in [1.29, 1.82) is 0 Å². The van der Waals surface area contributed by atoms with E-state index in [4.69, 9.17) is 10.5 Å². The van der Waals surface area contributed by atoms with Crippen LogP contribution in [0.4, 0.5) is 13.6 Å². The van der Waals surface area contributed by atoms with Crippen LogP contribution in [-0.4, -0.2) is 73.8 Å². The van der Waals surface area contributed by atoms with E-state index in [1.807, 2.05) is 0 Å². The number of benzene rings is 1. The quantitative estimate of drug-likeness (QED) is 0.264. The summed E-state index contributed by atoms with van der Waals surface area (Å²) < 4.78 is 36.4. The van der Waals surface area contributed by atoms with Crippen LogP contribution in [0.15, 0.2) is 23.2 Å². The molecule has 5 N–H and O–H groups in total. The standard InChI is InChI=1S/C23H34F2N6O3S/c1-16-12-18(24)17(19(25)13-16)15-34-23(21(26)32)14-20(35-29-23)28-22(33)27-6-4-3-5-7-31-10-8-30(2)9-11-31/h12-14,29H,3-11,15H2,1-2H3,(H2,26,32)(H2,27,28,33). The lowest BCUT2D eigenvalue weighted by Gasteiger charge is -2.32. The number of primary amides is 1. The normalized spacial score (nSPS) is 21.1. The number of ether oxygens (including phenoxy) is 1. The molecule has 194 valence electrons. The molecule has 1 fully saturated rings. The van der Waals surface area contributed by atoms with Gasteiger partial charge in [-0.1, -0.05) is 6.42 Å². The lowest BCUT2D eigenvalue weighted by Crippen LogP contribution is -2.51. The summed E-state index contributed by atoms with van der Waals surface area (Å²) in [6.07, 6.45) is 4.24. The van der Waals surface area contributed by atoms with Crippen molar-refractivity contribution in [3.8, 4) is 0 Å². The van der Waals surface area contributed by atoms with Crippen LogP contribution in [0.1, 0.15) is 30.4 Å². The topological polar surface area (TPSA) is 112 Å². The number of carbonyl (C=O) groups is 2. The molecule has 0 bridgehead atoms. The lowest BCUT2D eigenvalue weighted by atomic mass is 10.1. The molecular formula is C23H34F2N6O3S. The van der Waals surface area contributed by atoms with E-state index < -0.39 is 35.9 Å². The Morgan fingerprint density at radius 2 is 1.86 bits per heavy atom. The molecule has 9 nitrogen and oxygen atoms in total. The Morgan fingerprint density at radius 3 is 2.51 bits per heavy atom. The molecule has 1 atom stereocenters. The molecule has 0 spiro atoms. The molecule has 0 aromatic heterocycles. The summed E-state index contributed by atoms with van der Waals surface area (Å²) in [6, 6.07) is 1.92. The number of piperazine rings is 1. The molecule has 1 saturated heterocycles. The number of aryl methyl sites for hydroxylation is 1. The highest BCUT2D eigenvalue weighted by atomic mass is 32.2. The highest BCUT2D eigenvalue weighted by Crippen LogP contribution is 2.29. The Morgan fingerprint density at radius 1 is 1.17 bits per heavy atom. The number of likely N-dealkylation sites (N-methyl/N-ethyl adjacent to an activating group) is 1. The van der Waals surface area contributed by atoms with Gasteiger partial charge in [-0.25, -0.2) is 18.3 Å². The molecule has 3 amide bonds. The molecule has 1 unspecified atom stereocenters. The first kappa shape index (κ1) is 27.3. The monoisotopic (exact) mass is 512 g/mol. The molecule has 1 aromatic rings. The SMILES string of the molecule is Cc1cc(F)c(COC2(C(N)=O)C=C(NC(=O)NCCCCCN3CCN(C)CC3)SN2)c(F)c1. The van der Waals surface area contributed by atoms with Gasteiger partial charge in [-0.15, -0.1) is 0 Å². The van der Waals surface area contributed by atoms with Crippen molar-refractivity contribution in [3.63, 3.8) is 0 Å². The number of nitrogens with zero attached hydrogens (tertiary/aromatic N) is 2. The Hall–Kier alpha value is -2.25. The van der Waals surface area contributed by atoms with Crippen LogP contribution >= 0.6 is 11.9 Å². The van der Waals surface area contributed by atoms with E-state index in [1.165, 1.54) is 18.2 Å². The zero-order chi connectivity index (χ0) is 25.4. The molecular weight excluding hydrogens is 478 g/mol. The van der Waals surface area contributed by atoms with Gasteiger partial charge >= 0.3 is 6.03 Å². The Labute approximate surface area is 208 Å². The van der Waals surface area contributed by atoms with Gasteiger partial charge in [0.2, 0.25) is 5.72 Å². The second kappa shape index (κ2) is 12.6. The third kappa shape index (κ3) is 7.87. The van der Waals surface area contributed by atoms with Crippen molar-refractivity contribution in [2.75, 3.05) is 46.3 Å². The second-order valence-corrected chi connectivity index (χ2v) is 9.74. The van der Waals surface area contributed by atoms with Gasteiger partial charge in [0, 0.05) is 44.4 Å². The highest BCUT2D eigenvalue weighted by Gasteiger charge is 2.41. The van der Waals surface area contributed by atoms with Gasteiger partial charge in [0.25, 0.3) is 5.91 Å². The van der Waals surface area contributed by atoms with E-state index in [0.717, 1.165) is 63.9 Å². The van der Waals surface area contributed by atoms with Crippen molar-refractivity contribution in [1.82, 2.24) is 25.2 Å². The summed E-state index contributed by atoms with van der Waals surface area (Å²) in [5, 5.41) is 5.70. The zero-order valence-corrected chi connectivity index (χ0v) is 21.0. The van der Waals surface area contributed by atoms with Gasteiger partial charge in [-0.2, -0.15) is 0 Å². The van der Waals surface area contributed by atoms with Gasteiger partial charge < -0.3 is 30.9 Å². The van der Waals surface area contributed by atoms with Crippen molar-refractivity contribution in [2.45, 2.75) is 38.5 Å². The summed E-state index contributed by atoms with van der Waals surface area (Å²) >= 11 is 0.932. The first-order valence-electron chi connectivity index (χ1n) is 11.7. The number of urea groups is 1. The number of hydrogen-bond donors (Lipinski definition) is 4. The number of carbonyl (C=O) groups excluding carboxylic acids is 2. The van der Waals surface area contributed by atoms with E-state index >= 15 is 0 Å². The molecule has 0 aliphatic carbocycles. The minimum absolute atomic E-state index is 0.293. The minimum Gasteiger partial charge on any atom is -0.366 e. The fraction of sp³-hybridized carbons (Fsp3) is 0.565. The predicted octanol–water partition coefficient (Wildman–Crippen LogP) is 1.78. The smallest absolute Gasteiger partial charge is 0.319 e. The number of unbranched alkanes of at least 4 members (excludes halogenated alkanes) is 2. The van der Waals surface area contributed by atoms with Crippen LogP contribution in [0.5, 0.6) is 0 Å². The summed E-state index contributed by atoms with van der Waals surface area (Å²) in [4.78, 5) is 29.1. The number of nitrogens with one attached hydrogen (secondary N) is 3. The Kier molecular flexibility index (Phi) is 9.87. The molecule has 0 radical (unpaired) electrons. The van der Waals surface area contributed by atoms with Crippen LogP contribution in [0.25, 0.3) is 0 Å². The van der Waals surface area contributed by atoms with Crippen LogP contribution < -0.4 is 21.1 Å². The predicted molar refractivity (Wildman–Crippen MR) is 131 cm³/mol. The summed E-state index contributed by atoms with van der Waals surface area (Å²) in [7, 11) is 2.14. The van der Waals surface area contributed by atoms with Crippen molar-refractivity contribution < 1.29 is 23.1 Å². The van der Waals surface area contributed by atoms with Crippen LogP contribution in [0.3, 0.4) is 0 Å². The zero-order valence-electron chi connectivity index (χ0n) is 20.2. The number of nitrogens with two attached hydrogens (primary N) is 1. The third-order valence-electron chi connectivity index (χ3n) is 6.01. The highest BCUT2D eigenvalue weighted by molar-refractivity contribution is 8.01. The van der Waals surface area contributed by atoms with Crippen LogP contribution in [0, 0.1) is 18.6 Å². The fourth-order valence-electron chi connectivity index (χ4n) is 3.82. The van der Waals surface area contributed by atoms with E-state index in [9.17, 15) is 18.4 Å².